The molecule has 1 atom stereocenters. The molecule has 80 valence electrons. The van der Waals surface area contributed by atoms with Gasteiger partial charge in [0.25, 0.3) is 10.1 Å². The quantitative estimate of drug-likeness (QED) is 0.397. The summed E-state index contributed by atoms with van der Waals surface area (Å²) in [7, 11) is -7.88. The van der Waals surface area contributed by atoms with Crippen molar-refractivity contribution >= 4 is 20.4 Å². The van der Waals surface area contributed by atoms with Gasteiger partial charge in [-0.2, -0.15) is 21.6 Å². The molecule has 1 unspecified atom stereocenters. The summed E-state index contributed by atoms with van der Waals surface area (Å²) in [5.74, 6) is 0. The molecule has 0 saturated heterocycles. The van der Waals surface area contributed by atoms with Crippen LogP contribution in [0.15, 0.2) is 0 Å². The van der Waals surface area contributed by atoms with E-state index in [1.54, 1.807) is 0 Å². The Balaban J connectivity index is 4.66. The maximum Gasteiger partial charge on any atom is 0.334 e. The van der Waals surface area contributed by atoms with Crippen LogP contribution in [0.3, 0.4) is 0 Å². The summed E-state index contributed by atoms with van der Waals surface area (Å²) in [6, 6.07) is 0. The molecule has 10 heteroatoms. The van der Waals surface area contributed by atoms with Gasteiger partial charge < -0.3 is 5.32 Å². The molecule has 0 radical (unpaired) electrons. The van der Waals surface area contributed by atoms with E-state index >= 15 is 0 Å². The second kappa shape index (κ2) is 4.30. The van der Waals surface area contributed by atoms with Crippen LogP contribution in [-0.2, 0) is 20.4 Å². The van der Waals surface area contributed by atoms with E-state index in [1.807, 2.05) is 0 Å². The van der Waals surface area contributed by atoms with Crippen LogP contribution in [0.4, 0.5) is 0 Å². The molecule has 0 aliphatic rings. The summed E-state index contributed by atoms with van der Waals surface area (Å²) < 4.78 is 59.4. The summed E-state index contributed by atoms with van der Waals surface area (Å²) in [6.07, 6.45) is 0. The van der Waals surface area contributed by atoms with E-state index in [9.17, 15) is 16.8 Å². The van der Waals surface area contributed by atoms with E-state index in [-0.39, 0.29) is 6.54 Å². The van der Waals surface area contributed by atoms with E-state index in [2.05, 4.69) is 5.32 Å². The second-order valence-electron chi connectivity index (χ2n) is 2.15. The summed E-state index contributed by atoms with van der Waals surface area (Å²) in [5.41, 5.74) is 0. The predicted octanol–water partition coefficient (Wildman–Crippen LogP) is -2.19. The average Bonchev–Trinajstić information content (AvgIpc) is 1.81. The number of likely N-dealkylation sites (N-methyl/N-ethyl adjacent to an activating group) is 1. The lowest BCUT2D eigenvalue weighted by Gasteiger charge is -2.12. The number of rotatable bonds is 5. The molecular weight excluding hydrogens is 224 g/mol. The van der Waals surface area contributed by atoms with Crippen LogP contribution >= 0.6 is 0 Å². The molecule has 13 heavy (non-hydrogen) atoms. The van der Waals surface area contributed by atoms with Gasteiger partial charge in [-0.3, -0.25) is 9.11 Å². The largest absolute Gasteiger partial charge is 0.334 e. The van der Waals surface area contributed by atoms with Gasteiger partial charge in [-0.15, -0.1) is 0 Å². The Morgan fingerprint density at radius 3 is 1.92 bits per heavy atom. The van der Waals surface area contributed by atoms with E-state index in [0.29, 0.717) is 0 Å². The predicted molar refractivity (Wildman–Crippen MR) is 43.9 cm³/mol. The third-order valence-electron chi connectivity index (χ3n) is 1.03. The Bertz CT molecular complexity index is 344. The first-order valence-electron chi connectivity index (χ1n) is 3.02. The summed E-state index contributed by atoms with van der Waals surface area (Å²) in [6.45, 7) is -0.362. The first-order valence-corrected chi connectivity index (χ1v) is 5.97. The Morgan fingerprint density at radius 1 is 1.23 bits per heavy atom. The van der Waals surface area contributed by atoms with Gasteiger partial charge in [0, 0.05) is 6.54 Å². The molecule has 0 fully saturated rings. The third kappa shape index (κ3) is 5.90. The van der Waals surface area contributed by atoms with Crippen molar-refractivity contribution in [1.82, 2.24) is 10.0 Å². The van der Waals surface area contributed by atoms with Gasteiger partial charge in [-0.1, -0.05) is 0 Å². The topological polar surface area (TPSA) is 133 Å². The lowest BCUT2D eigenvalue weighted by molar-refractivity contribution is 0.435. The monoisotopic (exact) mass is 234 g/mol. The van der Waals surface area contributed by atoms with Gasteiger partial charge in [-0.25, -0.2) is 0 Å². The van der Waals surface area contributed by atoms with Gasteiger partial charge in [0.05, 0.1) is 0 Å². The van der Waals surface area contributed by atoms with Crippen molar-refractivity contribution in [3.05, 3.63) is 0 Å². The molecule has 0 spiro atoms. The lowest BCUT2D eigenvalue weighted by atomic mass is 10.6. The van der Waals surface area contributed by atoms with Gasteiger partial charge >= 0.3 is 10.3 Å². The van der Waals surface area contributed by atoms with Crippen molar-refractivity contribution < 1.29 is 25.9 Å². The highest BCUT2D eigenvalue weighted by molar-refractivity contribution is 7.88. The first kappa shape index (κ1) is 12.7. The molecule has 0 amide bonds. The number of hydrogen-bond donors (Lipinski definition) is 4. The van der Waals surface area contributed by atoms with E-state index in [0.717, 1.165) is 0 Å². The highest BCUT2D eigenvalue weighted by Gasteiger charge is 2.26. The van der Waals surface area contributed by atoms with Gasteiger partial charge in [-0.05, 0) is 7.05 Å². The molecule has 0 aromatic rings. The molecule has 0 heterocycles. The van der Waals surface area contributed by atoms with Crippen molar-refractivity contribution in [2.75, 3.05) is 13.6 Å². The molecule has 0 saturated carbocycles. The van der Waals surface area contributed by atoms with Crippen LogP contribution in [0.1, 0.15) is 0 Å². The van der Waals surface area contributed by atoms with E-state index < -0.39 is 25.8 Å². The molecule has 0 bridgehead atoms. The SMILES string of the molecule is CNCC(NS(=O)(=O)O)S(=O)(=O)O. The van der Waals surface area contributed by atoms with Crippen molar-refractivity contribution in [3.8, 4) is 0 Å². The van der Waals surface area contributed by atoms with Crippen LogP contribution in [0, 0.1) is 0 Å². The van der Waals surface area contributed by atoms with Crippen molar-refractivity contribution in [2.45, 2.75) is 5.37 Å². The molecular formula is C3H10N2O6S2. The Kier molecular flexibility index (Phi) is 4.22. The van der Waals surface area contributed by atoms with Crippen molar-refractivity contribution in [1.29, 1.82) is 0 Å². The molecule has 8 nitrogen and oxygen atoms in total. The molecule has 0 aliphatic heterocycles. The smallest absolute Gasteiger partial charge is 0.317 e. The van der Waals surface area contributed by atoms with E-state index in [4.69, 9.17) is 9.11 Å². The highest BCUT2D eigenvalue weighted by Crippen LogP contribution is 1.94. The number of hydrogen-bond acceptors (Lipinski definition) is 5. The van der Waals surface area contributed by atoms with Gasteiger partial charge in [0.15, 0.2) is 5.37 Å². The highest BCUT2D eigenvalue weighted by atomic mass is 32.2. The molecule has 4 N–H and O–H groups in total. The van der Waals surface area contributed by atoms with Crippen molar-refractivity contribution in [3.63, 3.8) is 0 Å². The maximum atomic E-state index is 10.5. The fraction of sp³-hybridized carbons (Fsp3) is 1.00. The van der Waals surface area contributed by atoms with Crippen LogP contribution in [0.2, 0.25) is 0 Å². The summed E-state index contributed by atoms with van der Waals surface area (Å²) in [4.78, 5) is 0. The summed E-state index contributed by atoms with van der Waals surface area (Å²) >= 11 is 0. The van der Waals surface area contributed by atoms with Gasteiger partial charge in [0.1, 0.15) is 0 Å². The molecule has 0 rings (SSSR count). The zero-order chi connectivity index (χ0) is 10.7. The first-order chi connectivity index (χ1) is 5.67. The Hall–Kier alpha value is -0.260. The standard InChI is InChI=1S/C3H10N2O6S2/c1-4-2-3(12(6,7)8)5-13(9,10)11/h3-5H,2H2,1H3,(H,6,7,8)(H,9,10,11). The minimum Gasteiger partial charge on any atom is -0.317 e. The fourth-order valence-corrected chi connectivity index (χ4v) is 2.20. The average molecular weight is 234 g/mol. The van der Waals surface area contributed by atoms with Crippen LogP contribution < -0.4 is 10.0 Å². The van der Waals surface area contributed by atoms with Crippen LogP contribution in [0.5, 0.6) is 0 Å². The Morgan fingerprint density at radius 2 is 1.69 bits per heavy atom. The lowest BCUT2D eigenvalue weighted by Crippen LogP contribution is -2.45. The van der Waals surface area contributed by atoms with E-state index in [1.165, 1.54) is 11.8 Å². The molecule has 0 aliphatic carbocycles. The zero-order valence-corrected chi connectivity index (χ0v) is 8.26. The third-order valence-corrected chi connectivity index (χ3v) is 2.76. The molecule has 0 aromatic carbocycles. The van der Waals surface area contributed by atoms with Crippen molar-refractivity contribution in [2.24, 2.45) is 0 Å². The number of nitrogens with one attached hydrogen (secondary N) is 2. The van der Waals surface area contributed by atoms with Crippen LogP contribution in [-0.4, -0.2) is 44.9 Å². The minimum absolute atomic E-state index is 0.362. The van der Waals surface area contributed by atoms with Crippen LogP contribution in [0.25, 0.3) is 0 Å². The van der Waals surface area contributed by atoms with Gasteiger partial charge in [0.2, 0.25) is 0 Å². The summed E-state index contributed by atoms with van der Waals surface area (Å²) in [5, 5.41) is 0.521. The zero-order valence-electron chi connectivity index (χ0n) is 6.63. The molecule has 0 aromatic heterocycles. The normalized spacial score (nSPS) is 15.6. The maximum absolute atomic E-state index is 10.5. The minimum atomic E-state index is -4.66. The Labute approximate surface area is 76.0 Å². The fourth-order valence-electron chi connectivity index (χ4n) is 0.559. The second-order valence-corrected chi connectivity index (χ2v) is 4.94.